The summed E-state index contributed by atoms with van der Waals surface area (Å²) in [4.78, 5) is 51.3. The minimum atomic E-state index is -0.842. The van der Waals surface area contributed by atoms with Crippen molar-refractivity contribution in [1.29, 1.82) is 10.5 Å². The van der Waals surface area contributed by atoms with Gasteiger partial charge in [-0.2, -0.15) is 10.5 Å². The molecule has 0 aliphatic carbocycles. The minimum Gasteiger partial charge on any atom is -0.462 e. The first-order valence-electron chi connectivity index (χ1n) is 17.7. The third-order valence-corrected chi connectivity index (χ3v) is 8.14. The fraction of sp³-hybridized carbons (Fsp3) is 0.217. The maximum atomic E-state index is 13.2. The Balaban J connectivity index is 1.28. The minimum absolute atomic E-state index is 0.165. The maximum absolute atomic E-state index is 13.2. The van der Waals surface area contributed by atoms with Gasteiger partial charge in [-0.3, -0.25) is 0 Å². The summed E-state index contributed by atoms with van der Waals surface area (Å²) in [5, 5.41) is 20.0. The second-order valence-electron chi connectivity index (χ2n) is 14.2. The summed E-state index contributed by atoms with van der Waals surface area (Å²) >= 11 is 0. The highest BCUT2D eigenvalue weighted by Crippen LogP contribution is 2.30. The molecular weight excluding hydrogens is 709 g/mol. The fourth-order valence-corrected chi connectivity index (χ4v) is 5.25. The van der Waals surface area contributed by atoms with Crippen molar-refractivity contribution in [2.45, 2.75) is 27.7 Å². The predicted octanol–water partition coefficient (Wildman–Crippen LogP) is 7.82. The van der Waals surface area contributed by atoms with E-state index >= 15 is 0 Å². The van der Waals surface area contributed by atoms with Gasteiger partial charge in [0.15, 0.2) is 0 Å². The highest BCUT2D eigenvalue weighted by molar-refractivity contribution is 6.06. The molecule has 10 nitrogen and oxygen atoms in total. The Morgan fingerprint density at radius 3 is 0.964 bits per heavy atom. The molecule has 0 saturated heterocycles. The zero-order valence-electron chi connectivity index (χ0n) is 31.7. The van der Waals surface area contributed by atoms with Gasteiger partial charge < -0.3 is 18.9 Å². The van der Waals surface area contributed by atoms with Crippen LogP contribution in [0.25, 0.3) is 11.1 Å². The Morgan fingerprint density at radius 2 is 0.714 bits per heavy atom. The van der Waals surface area contributed by atoms with Crippen molar-refractivity contribution in [3.63, 3.8) is 0 Å². The summed E-state index contributed by atoms with van der Waals surface area (Å²) in [6, 6.07) is 40.2. The lowest BCUT2D eigenvalue weighted by Crippen LogP contribution is -2.29. The van der Waals surface area contributed by atoms with Crippen molar-refractivity contribution >= 4 is 35.0 Å². The molecule has 0 saturated carbocycles. The topological polar surface area (TPSA) is 153 Å². The molecular formula is C46H42N2O8. The van der Waals surface area contributed by atoms with E-state index < -0.39 is 34.7 Å². The van der Waals surface area contributed by atoms with Crippen LogP contribution < -0.4 is 0 Å². The van der Waals surface area contributed by atoms with Crippen LogP contribution in [-0.2, 0) is 38.1 Å². The van der Waals surface area contributed by atoms with Crippen LogP contribution in [0.3, 0.4) is 0 Å². The van der Waals surface area contributed by atoms with Crippen molar-refractivity contribution in [2.24, 2.45) is 10.8 Å². The van der Waals surface area contributed by atoms with Gasteiger partial charge in [-0.25, -0.2) is 19.2 Å². The Bertz CT molecular complexity index is 1940. The second-order valence-corrected chi connectivity index (χ2v) is 14.2. The summed E-state index contributed by atoms with van der Waals surface area (Å²) in [7, 11) is 0. The van der Waals surface area contributed by atoms with Crippen LogP contribution in [0.15, 0.2) is 145 Å². The van der Waals surface area contributed by atoms with E-state index in [1.807, 2.05) is 84.9 Å². The average Bonchev–Trinajstić information content (AvgIpc) is 3.22. The van der Waals surface area contributed by atoms with Crippen LogP contribution in [0, 0.1) is 33.5 Å². The number of nitrogens with zero attached hydrogens (tertiary/aromatic N) is 2. The van der Waals surface area contributed by atoms with Crippen LogP contribution in [0.4, 0.5) is 0 Å². The molecule has 0 amide bonds. The number of nitriles is 2. The lowest BCUT2D eigenvalue weighted by Gasteiger charge is -2.24. The van der Waals surface area contributed by atoms with Crippen LogP contribution in [0.2, 0.25) is 0 Å². The molecule has 4 aromatic rings. The lowest BCUT2D eigenvalue weighted by atomic mass is 9.93. The molecule has 4 rings (SSSR count). The molecule has 284 valence electrons. The number of carbonyl (C=O) groups is 4. The quantitative estimate of drug-likeness (QED) is 0.0480. The Morgan fingerprint density at radius 1 is 0.464 bits per heavy atom. The average molecular weight is 751 g/mol. The van der Waals surface area contributed by atoms with Gasteiger partial charge in [0.05, 0.1) is 13.2 Å². The largest absolute Gasteiger partial charge is 0.462 e. The van der Waals surface area contributed by atoms with Gasteiger partial charge in [0.2, 0.25) is 0 Å². The summed E-state index contributed by atoms with van der Waals surface area (Å²) in [5.74, 6) is -3.29. The number of ether oxygens (including phenoxy) is 4. The SMILES string of the molecule is CC(C)(COC(=O)C=CC(=O)OCC(C)(C)COC(=O)C(C#N)=C(c1ccccc1)c1ccccc1)COC(=O)C(C#N)=C(c1ccccc1)c1ccccc1. The monoisotopic (exact) mass is 750 g/mol. The molecule has 56 heavy (non-hydrogen) atoms. The number of esters is 4. The molecule has 0 spiro atoms. The third-order valence-electron chi connectivity index (χ3n) is 8.14. The third kappa shape index (κ3) is 12.3. The normalized spacial score (nSPS) is 11.0. The van der Waals surface area contributed by atoms with E-state index in [0.29, 0.717) is 33.4 Å². The smallest absolute Gasteiger partial charge is 0.349 e. The molecule has 0 aliphatic heterocycles. The molecule has 0 unspecified atom stereocenters. The van der Waals surface area contributed by atoms with Crippen LogP contribution in [0.5, 0.6) is 0 Å². The van der Waals surface area contributed by atoms with E-state index in [-0.39, 0.29) is 37.6 Å². The molecule has 0 atom stereocenters. The summed E-state index contributed by atoms with van der Waals surface area (Å²) < 4.78 is 21.7. The van der Waals surface area contributed by atoms with Crippen molar-refractivity contribution < 1.29 is 38.1 Å². The molecule has 0 radical (unpaired) electrons. The highest BCUT2D eigenvalue weighted by Gasteiger charge is 2.28. The number of rotatable bonds is 16. The van der Waals surface area contributed by atoms with E-state index in [4.69, 9.17) is 18.9 Å². The van der Waals surface area contributed by atoms with Crippen LogP contribution in [-0.4, -0.2) is 50.3 Å². The van der Waals surface area contributed by atoms with Gasteiger partial charge in [-0.15, -0.1) is 0 Å². The van der Waals surface area contributed by atoms with Crippen molar-refractivity contribution in [2.75, 3.05) is 26.4 Å². The zero-order chi connectivity index (χ0) is 40.6. The first-order valence-corrected chi connectivity index (χ1v) is 17.7. The number of hydrogen-bond donors (Lipinski definition) is 0. The predicted molar refractivity (Wildman–Crippen MR) is 210 cm³/mol. The van der Waals surface area contributed by atoms with Gasteiger partial charge in [0.1, 0.15) is 36.5 Å². The molecule has 0 aromatic heterocycles. The second kappa shape index (κ2) is 19.9. The van der Waals surface area contributed by atoms with E-state index in [1.165, 1.54) is 0 Å². The van der Waals surface area contributed by atoms with Gasteiger partial charge >= 0.3 is 23.9 Å². The lowest BCUT2D eigenvalue weighted by molar-refractivity contribution is -0.149. The zero-order valence-corrected chi connectivity index (χ0v) is 31.7. The van der Waals surface area contributed by atoms with Crippen molar-refractivity contribution in [3.05, 3.63) is 167 Å². The Labute approximate surface area is 326 Å². The van der Waals surface area contributed by atoms with E-state index in [1.54, 1.807) is 76.2 Å². The first kappa shape index (κ1) is 41.7. The number of benzene rings is 4. The molecule has 4 aromatic carbocycles. The number of hydrogen-bond acceptors (Lipinski definition) is 10. The van der Waals surface area contributed by atoms with Crippen molar-refractivity contribution in [3.8, 4) is 12.1 Å². The fourth-order valence-electron chi connectivity index (χ4n) is 5.25. The highest BCUT2D eigenvalue weighted by atomic mass is 16.6. The maximum Gasteiger partial charge on any atom is 0.349 e. The van der Waals surface area contributed by atoms with E-state index in [0.717, 1.165) is 12.2 Å². The molecule has 0 fully saturated rings. The molecule has 0 heterocycles. The summed E-state index contributed by atoms with van der Waals surface area (Å²) in [6.45, 7) is 6.19. The van der Waals surface area contributed by atoms with Crippen molar-refractivity contribution in [1.82, 2.24) is 0 Å². The van der Waals surface area contributed by atoms with Gasteiger partial charge in [0.25, 0.3) is 0 Å². The van der Waals surface area contributed by atoms with Gasteiger partial charge in [-0.05, 0) is 22.3 Å². The summed E-state index contributed by atoms with van der Waals surface area (Å²) in [6.07, 6.45) is 1.83. The van der Waals surface area contributed by atoms with Gasteiger partial charge in [-0.1, -0.05) is 149 Å². The Hall–Kier alpha value is -7.04. The van der Waals surface area contributed by atoms with Crippen LogP contribution >= 0.6 is 0 Å². The Kier molecular flexibility index (Phi) is 14.8. The van der Waals surface area contributed by atoms with E-state index in [9.17, 15) is 29.7 Å². The molecule has 0 N–H and O–H groups in total. The first-order chi connectivity index (χ1) is 26.8. The van der Waals surface area contributed by atoms with Gasteiger partial charge in [0, 0.05) is 34.1 Å². The standard InChI is InChI=1S/C46H42N2O8/c1-45(2,31-55-43(51)37(27-47)41(33-17-9-5-10-18-33)34-19-11-6-12-20-34)29-53-39(49)25-26-40(50)54-30-46(3,4)32-56-44(52)38(28-48)42(35-21-13-7-14-22-35)36-23-15-8-16-24-36/h5-26H,29-32H2,1-4H3. The molecule has 10 heteroatoms. The summed E-state index contributed by atoms with van der Waals surface area (Å²) in [5.41, 5.74) is 1.57. The number of carbonyl (C=O) groups excluding carboxylic acids is 4. The van der Waals surface area contributed by atoms with Crippen LogP contribution in [0.1, 0.15) is 49.9 Å². The molecule has 0 bridgehead atoms. The van der Waals surface area contributed by atoms with E-state index in [2.05, 4.69) is 0 Å². The molecule has 0 aliphatic rings.